The molecule has 0 saturated carbocycles. The monoisotopic (exact) mass is 597 g/mol. The molecule has 7 unspecified atom stereocenters. The third-order valence-corrected chi connectivity index (χ3v) is 7.45. The molecule has 0 radical (unpaired) electrons. The topological polar surface area (TPSA) is 149 Å². The number of nitrogens with one attached hydrogen (secondary N) is 1. The number of hydrogen-bond acceptors (Lipinski definition) is 8. The Labute approximate surface area is 253 Å². The molecule has 0 bridgehead atoms. The minimum Gasteiger partial charge on any atom is -0.394 e. The Balaban J connectivity index is 2.60. The molecule has 6 N–H and O–H groups in total. The summed E-state index contributed by atoms with van der Waals surface area (Å²) in [6.07, 6.45) is 19.3. The molecule has 1 rings (SSSR count). The van der Waals surface area contributed by atoms with Crippen LogP contribution in [0.5, 0.6) is 0 Å². The first-order chi connectivity index (χ1) is 20.3. The SMILES string of the molecule is CCCC/C=C/CC/C=C/CC/C=C/C(O)C(COC1OC(CO)C(O)C(O)C1O)NC(=O)CCCCCCCCC. The molecule has 1 aliphatic heterocycles. The highest BCUT2D eigenvalue weighted by atomic mass is 16.7. The molecule has 9 nitrogen and oxygen atoms in total. The second kappa shape index (κ2) is 24.8. The normalized spacial score (nSPS) is 24.6. The largest absolute Gasteiger partial charge is 0.394 e. The Morgan fingerprint density at radius 2 is 1.36 bits per heavy atom. The van der Waals surface area contributed by atoms with Crippen molar-refractivity contribution in [1.82, 2.24) is 5.32 Å². The van der Waals surface area contributed by atoms with E-state index in [0.717, 1.165) is 51.4 Å². The minimum atomic E-state index is -1.57. The highest BCUT2D eigenvalue weighted by Gasteiger charge is 2.44. The van der Waals surface area contributed by atoms with E-state index in [1.807, 2.05) is 6.08 Å². The van der Waals surface area contributed by atoms with Crippen LogP contribution in [0, 0.1) is 0 Å². The second-order valence-electron chi connectivity index (χ2n) is 11.2. The minimum absolute atomic E-state index is 0.204. The van der Waals surface area contributed by atoms with Gasteiger partial charge in [0.2, 0.25) is 5.91 Å². The van der Waals surface area contributed by atoms with Gasteiger partial charge < -0.3 is 40.3 Å². The van der Waals surface area contributed by atoms with Crippen LogP contribution in [0.25, 0.3) is 0 Å². The standard InChI is InChI=1S/C33H59NO8/c1-3-5-7-9-11-12-13-14-15-17-18-20-22-27(36)26(34-29(37)23-21-19-16-10-8-6-4-2)25-41-33-32(40)31(39)30(38)28(24-35)42-33/h9,11,14-15,20,22,26-28,30-33,35-36,38-40H,3-8,10,12-13,16-19,21,23-25H2,1-2H3,(H,34,37)/b11-9+,15-14+,22-20+. The van der Waals surface area contributed by atoms with Crippen LogP contribution < -0.4 is 5.32 Å². The fraction of sp³-hybridized carbons (Fsp3) is 0.788. The maximum atomic E-state index is 12.7. The Kier molecular flexibility index (Phi) is 22.7. The lowest BCUT2D eigenvalue weighted by Gasteiger charge is -2.40. The van der Waals surface area contributed by atoms with Crippen molar-refractivity contribution in [1.29, 1.82) is 0 Å². The number of unbranched alkanes of at least 4 members (excludes halogenated alkanes) is 10. The molecule has 1 amide bonds. The highest BCUT2D eigenvalue weighted by molar-refractivity contribution is 5.76. The van der Waals surface area contributed by atoms with E-state index < -0.39 is 49.5 Å². The van der Waals surface area contributed by atoms with Gasteiger partial charge in [0.05, 0.1) is 25.4 Å². The van der Waals surface area contributed by atoms with Crippen LogP contribution in [0.15, 0.2) is 36.5 Å². The summed E-state index contributed by atoms with van der Waals surface area (Å²) in [5, 5.41) is 53.5. The smallest absolute Gasteiger partial charge is 0.220 e. The molecule has 7 atom stereocenters. The fourth-order valence-corrected chi connectivity index (χ4v) is 4.70. The van der Waals surface area contributed by atoms with Gasteiger partial charge in [-0.25, -0.2) is 0 Å². The molecular formula is C33H59NO8. The summed E-state index contributed by atoms with van der Waals surface area (Å²) in [6, 6.07) is -0.819. The number of hydrogen-bond donors (Lipinski definition) is 6. The quantitative estimate of drug-likeness (QED) is 0.0716. The Morgan fingerprint density at radius 1 is 0.786 bits per heavy atom. The lowest BCUT2D eigenvalue weighted by Crippen LogP contribution is -2.60. The molecule has 1 saturated heterocycles. The number of allylic oxidation sites excluding steroid dienone is 5. The molecular weight excluding hydrogens is 538 g/mol. The number of amides is 1. The van der Waals surface area contributed by atoms with Gasteiger partial charge in [-0.2, -0.15) is 0 Å². The van der Waals surface area contributed by atoms with E-state index in [0.29, 0.717) is 6.42 Å². The molecule has 0 aliphatic carbocycles. The first-order valence-electron chi connectivity index (χ1n) is 16.2. The molecule has 42 heavy (non-hydrogen) atoms. The van der Waals surface area contributed by atoms with Crippen LogP contribution >= 0.6 is 0 Å². The number of rotatable bonds is 24. The number of aliphatic hydroxyl groups is 5. The molecule has 0 aromatic rings. The van der Waals surface area contributed by atoms with Crippen LogP contribution in [-0.2, 0) is 14.3 Å². The van der Waals surface area contributed by atoms with Gasteiger partial charge in [-0.05, 0) is 38.5 Å². The van der Waals surface area contributed by atoms with Gasteiger partial charge in [-0.1, -0.05) is 102 Å². The van der Waals surface area contributed by atoms with Crippen molar-refractivity contribution in [3.8, 4) is 0 Å². The third-order valence-electron chi connectivity index (χ3n) is 7.45. The summed E-state index contributed by atoms with van der Waals surface area (Å²) in [6.45, 7) is 3.59. The van der Waals surface area contributed by atoms with Crippen molar-refractivity contribution in [3.63, 3.8) is 0 Å². The van der Waals surface area contributed by atoms with E-state index in [2.05, 4.69) is 43.5 Å². The molecule has 0 spiro atoms. The lowest BCUT2D eigenvalue weighted by atomic mass is 9.99. The van der Waals surface area contributed by atoms with E-state index in [9.17, 15) is 30.3 Å². The summed E-state index contributed by atoms with van der Waals surface area (Å²) in [5.74, 6) is -0.204. The zero-order valence-corrected chi connectivity index (χ0v) is 26.0. The van der Waals surface area contributed by atoms with Gasteiger partial charge in [0.25, 0.3) is 0 Å². The summed E-state index contributed by atoms with van der Waals surface area (Å²) < 4.78 is 11.1. The third kappa shape index (κ3) is 16.9. The fourth-order valence-electron chi connectivity index (χ4n) is 4.70. The Morgan fingerprint density at radius 3 is 1.98 bits per heavy atom. The van der Waals surface area contributed by atoms with Gasteiger partial charge in [-0.3, -0.25) is 4.79 Å². The van der Waals surface area contributed by atoms with Gasteiger partial charge in [0.1, 0.15) is 24.4 Å². The molecule has 1 aliphatic rings. The molecule has 0 aromatic heterocycles. The van der Waals surface area contributed by atoms with Gasteiger partial charge >= 0.3 is 0 Å². The van der Waals surface area contributed by atoms with Gasteiger partial charge in [-0.15, -0.1) is 0 Å². The van der Waals surface area contributed by atoms with Crippen LogP contribution in [0.1, 0.15) is 110 Å². The number of carbonyl (C=O) groups is 1. The lowest BCUT2D eigenvalue weighted by molar-refractivity contribution is -0.302. The Bertz CT molecular complexity index is 756. The average molecular weight is 598 g/mol. The van der Waals surface area contributed by atoms with E-state index in [4.69, 9.17) is 9.47 Å². The van der Waals surface area contributed by atoms with Crippen molar-refractivity contribution < 1.29 is 39.8 Å². The number of carbonyl (C=O) groups excluding carboxylic acids is 1. The van der Waals surface area contributed by atoms with E-state index in [1.165, 1.54) is 38.5 Å². The number of aliphatic hydroxyl groups excluding tert-OH is 5. The van der Waals surface area contributed by atoms with Crippen LogP contribution in [0.4, 0.5) is 0 Å². The number of ether oxygens (including phenoxy) is 2. The summed E-state index contributed by atoms with van der Waals surface area (Å²) in [4.78, 5) is 12.7. The second-order valence-corrected chi connectivity index (χ2v) is 11.2. The summed E-state index contributed by atoms with van der Waals surface area (Å²) in [5.41, 5.74) is 0. The van der Waals surface area contributed by atoms with E-state index >= 15 is 0 Å². The maximum Gasteiger partial charge on any atom is 0.220 e. The van der Waals surface area contributed by atoms with Crippen molar-refractivity contribution in [2.45, 2.75) is 153 Å². The highest BCUT2D eigenvalue weighted by Crippen LogP contribution is 2.22. The Hall–Kier alpha value is -1.59. The van der Waals surface area contributed by atoms with Crippen molar-refractivity contribution >= 4 is 5.91 Å². The molecule has 9 heteroatoms. The zero-order chi connectivity index (χ0) is 31.0. The van der Waals surface area contributed by atoms with Crippen molar-refractivity contribution in [3.05, 3.63) is 36.5 Å². The van der Waals surface area contributed by atoms with E-state index in [1.54, 1.807) is 6.08 Å². The maximum absolute atomic E-state index is 12.7. The zero-order valence-electron chi connectivity index (χ0n) is 26.0. The molecule has 0 aromatic carbocycles. The molecule has 1 fully saturated rings. The first kappa shape index (κ1) is 38.4. The summed E-state index contributed by atoms with van der Waals surface area (Å²) in [7, 11) is 0. The van der Waals surface area contributed by atoms with E-state index in [-0.39, 0.29) is 12.5 Å². The van der Waals surface area contributed by atoms with Crippen LogP contribution in [0.2, 0.25) is 0 Å². The predicted molar refractivity (Wildman–Crippen MR) is 166 cm³/mol. The summed E-state index contributed by atoms with van der Waals surface area (Å²) >= 11 is 0. The van der Waals surface area contributed by atoms with Crippen LogP contribution in [0.3, 0.4) is 0 Å². The predicted octanol–water partition coefficient (Wildman–Crippen LogP) is 4.21. The van der Waals surface area contributed by atoms with Crippen LogP contribution in [-0.4, -0.2) is 87.5 Å². The van der Waals surface area contributed by atoms with Gasteiger partial charge in [0, 0.05) is 6.42 Å². The van der Waals surface area contributed by atoms with Gasteiger partial charge in [0.15, 0.2) is 6.29 Å². The average Bonchev–Trinajstić information content (AvgIpc) is 2.98. The first-order valence-corrected chi connectivity index (χ1v) is 16.2. The molecule has 244 valence electrons. The van der Waals surface area contributed by atoms with Crippen molar-refractivity contribution in [2.24, 2.45) is 0 Å². The van der Waals surface area contributed by atoms with Crippen molar-refractivity contribution in [2.75, 3.05) is 13.2 Å². The molecule has 1 heterocycles.